The van der Waals surface area contributed by atoms with Crippen LogP contribution in [-0.4, -0.2) is 42.1 Å². The second kappa shape index (κ2) is 10.4. The molecule has 0 heterocycles. The molecule has 154 valence electrons. The van der Waals surface area contributed by atoms with Crippen LogP contribution in [0.3, 0.4) is 0 Å². The summed E-state index contributed by atoms with van der Waals surface area (Å²) in [5.74, 6) is -2.21. The fraction of sp³-hybridized carbons (Fsp3) is 0.474. The molecule has 0 spiro atoms. The summed E-state index contributed by atoms with van der Waals surface area (Å²) in [6.07, 6.45) is -1.21. The highest BCUT2D eigenvalue weighted by molar-refractivity contribution is 5.76. The normalized spacial score (nSPS) is 13.6. The number of ether oxygens (including phenoxy) is 4. The molecule has 0 saturated carbocycles. The summed E-state index contributed by atoms with van der Waals surface area (Å²) in [5.41, 5.74) is 6.46. The van der Waals surface area contributed by atoms with E-state index in [0.717, 1.165) is 0 Å². The zero-order chi connectivity index (χ0) is 21.4. The number of esters is 4. The average Bonchev–Trinajstić information content (AvgIpc) is 2.55. The van der Waals surface area contributed by atoms with Gasteiger partial charge in [-0.2, -0.15) is 0 Å². The van der Waals surface area contributed by atoms with Crippen molar-refractivity contribution in [3.63, 3.8) is 0 Å². The van der Waals surface area contributed by atoms with Crippen LogP contribution in [0.25, 0.3) is 0 Å². The molecular formula is C19H25NO8. The first-order valence-electron chi connectivity index (χ1n) is 8.62. The van der Waals surface area contributed by atoms with E-state index in [1.165, 1.54) is 32.9 Å². The van der Waals surface area contributed by atoms with Crippen molar-refractivity contribution < 1.29 is 38.1 Å². The van der Waals surface area contributed by atoms with Crippen LogP contribution in [0.1, 0.15) is 40.2 Å². The van der Waals surface area contributed by atoms with Crippen molar-refractivity contribution in [3.8, 4) is 11.5 Å². The Morgan fingerprint density at radius 1 is 0.857 bits per heavy atom. The lowest BCUT2D eigenvalue weighted by Gasteiger charge is -2.22. The average molecular weight is 395 g/mol. The summed E-state index contributed by atoms with van der Waals surface area (Å²) in [4.78, 5) is 45.6. The summed E-state index contributed by atoms with van der Waals surface area (Å²) in [6, 6.07) is 3.48. The third-order valence-electron chi connectivity index (χ3n) is 3.59. The van der Waals surface area contributed by atoms with Crippen molar-refractivity contribution in [2.24, 2.45) is 5.73 Å². The van der Waals surface area contributed by atoms with E-state index in [2.05, 4.69) is 0 Å². The maximum Gasteiger partial charge on any atom is 0.323 e. The Bertz CT molecular complexity index is 745. The molecule has 0 aliphatic carbocycles. The molecule has 9 nitrogen and oxygen atoms in total. The van der Waals surface area contributed by atoms with Crippen molar-refractivity contribution in [2.75, 3.05) is 0 Å². The van der Waals surface area contributed by atoms with Gasteiger partial charge in [0.1, 0.15) is 18.2 Å². The van der Waals surface area contributed by atoms with Crippen LogP contribution in [0.2, 0.25) is 0 Å². The van der Waals surface area contributed by atoms with Crippen LogP contribution in [0.4, 0.5) is 0 Å². The molecule has 0 amide bonds. The Labute approximate surface area is 163 Å². The van der Waals surface area contributed by atoms with Crippen LogP contribution in [-0.2, 0) is 35.1 Å². The first-order chi connectivity index (χ1) is 13.0. The number of hydrogen-bond acceptors (Lipinski definition) is 9. The van der Waals surface area contributed by atoms with Gasteiger partial charge in [0.2, 0.25) is 0 Å². The fourth-order valence-corrected chi connectivity index (χ4v) is 2.21. The molecule has 0 fully saturated rings. The molecule has 0 saturated heterocycles. The summed E-state index contributed by atoms with van der Waals surface area (Å²) >= 11 is 0. The number of carbonyl (C=O) groups excluding carboxylic acids is 4. The number of nitrogens with two attached hydrogens (primary N) is 1. The van der Waals surface area contributed by atoms with Gasteiger partial charge in [-0.25, -0.2) is 0 Å². The Balaban J connectivity index is 2.82. The van der Waals surface area contributed by atoms with Crippen molar-refractivity contribution in [2.45, 2.75) is 59.3 Å². The van der Waals surface area contributed by atoms with Gasteiger partial charge in [0.25, 0.3) is 0 Å². The number of rotatable bonds is 8. The second-order valence-electron chi connectivity index (χ2n) is 6.24. The van der Waals surface area contributed by atoms with E-state index in [-0.39, 0.29) is 17.9 Å². The van der Waals surface area contributed by atoms with E-state index >= 15 is 0 Å². The van der Waals surface area contributed by atoms with Crippen molar-refractivity contribution in [1.29, 1.82) is 0 Å². The molecule has 0 radical (unpaired) electrons. The smallest absolute Gasteiger partial charge is 0.323 e. The third kappa shape index (κ3) is 7.75. The summed E-state index contributed by atoms with van der Waals surface area (Å²) in [6.45, 7) is 6.88. The highest BCUT2D eigenvalue weighted by atomic mass is 16.6. The number of hydrogen-bond donors (Lipinski definition) is 1. The van der Waals surface area contributed by atoms with Gasteiger partial charge in [-0.15, -0.1) is 0 Å². The highest BCUT2D eigenvalue weighted by Gasteiger charge is 2.24. The molecule has 1 aromatic rings. The molecule has 0 aliphatic rings. The van der Waals surface area contributed by atoms with Crippen LogP contribution in [0.15, 0.2) is 18.2 Å². The van der Waals surface area contributed by atoms with Gasteiger partial charge in [-0.05, 0) is 38.0 Å². The largest absolute Gasteiger partial charge is 0.459 e. The van der Waals surface area contributed by atoms with Gasteiger partial charge in [0, 0.05) is 20.8 Å². The van der Waals surface area contributed by atoms with Gasteiger partial charge in [-0.3, -0.25) is 19.2 Å². The maximum absolute atomic E-state index is 12.2. The zero-order valence-electron chi connectivity index (χ0n) is 16.5. The van der Waals surface area contributed by atoms with E-state index in [1.54, 1.807) is 19.9 Å². The molecule has 2 N–H and O–H groups in total. The quantitative estimate of drug-likeness (QED) is 0.511. The van der Waals surface area contributed by atoms with Crippen molar-refractivity contribution in [3.05, 3.63) is 23.8 Å². The Morgan fingerprint density at radius 3 is 1.93 bits per heavy atom. The van der Waals surface area contributed by atoms with E-state index in [9.17, 15) is 19.2 Å². The first kappa shape index (κ1) is 23.1. The van der Waals surface area contributed by atoms with Gasteiger partial charge < -0.3 is 24.7 Å². The van der Waals surface area contributed by atoms with Gasteiger partial charge in [0.15, 0.2) is 11.5 Å². The second-order valence-corrected chi connectivity index (χ2v) is 6.24. The number of benzene rings is 1. The molecule has 1 unspecified atom stereocenters. The third-order valence-corrected chi connectivity index (χ3v) is 3.59. The number of carbonyl (C=O) groups is 4. The first-order valence-corrected chi connectivity index (χ1v) is 8.62. The lowest BCUT2D eigenvalue weighted by Crippen LogP contribution is -2.39. The topological polar surface area (TPSA) is 131 Å². The minimum Gasteiger partial charge on any atom is -0.459 e. The predicted molar refractivity (Wildman–Crippen MR) is 97.5 cm³/mol. The zero-order valence-corrected chi connectivity index (χ0v) is 16.5. The molecule has 0 aromatic heterocycles. The van der Waals surface area contributed by atoms with E-state index in [4.69, 9.17) is 24.7 Å². The Morgan fingerprint density at radius 2 is 1.39 bits per heavy atom. The standard InChI is InChI=1S/C19H25NO8/c1-10(25-12(3)21)11(2)26-19(24)16(20)8-15-6-7-17(27-13(4)22)18(9-15)28-14(5)23/h6-7,9-11,16H,8,20H2,1-5H3/t10?,11-,16-/m0/s1. The Kier molecular flexibility index (Phi) is 8.59. The lowest BCUT2D eigenvalue weighted by molar-refractivity contribution is -0.164. The molecular weight excluding hydrogens is 370 g/mol. The molecule has 9 heteroatoms. The van der Waals surface area contributed by atoms with E-state index in [0.29, 0.717) is 5.56 Å². The van der Waals surface area contributed by atoms with E-state index < -0.39 is 42.1 Å². The van der Waals surface area contributed by atoms with Crippen LogP contribution in [0.5, 0.6) is 11.5 Å². The van der Waals surface area contributed by atoms with Gasteiger partial charge in [-0.1, -0.05) is 6.07 Å². The highest BCUT2D eigenvalue weighted by Crippen LogP contribution is 2.29. The monoisotopic (exact) mass is 395 g/mol. The molecule has 1 aromatic carbocycles. The van der Waals surface area contributed by atoms with Gasteiger partial charge >= 0.3 is 23.9 Å². The SMILES string of the molecule is CC(=O)Oc1ccc(C[C@H](N)C(=O)O[C@@H](C)C(C)OC(C)=O)cc1OC(C)=O. The van der Waals surface area contributed by atoms with E-state index in [1.807, 2.05) is 0 Å². The summed E-state index contributed by atoms with van der Waals surface area (Å²) < 4.78 is 20.2. The fourth-order valence-electron chi connectivity index (χ4n) is 2.21. The molecule has 28 heavy (non-hydrogen) atoms. The maximum atomic E-state index is 12.2. The molecule has 0 bridgehead atoms. The molecule has 3 atom stereocenters. The Hall–Kier alpha value is -2.94. The molecule has 1 rings (SSSR count). The minimum absolute atomic E-state index is 0.0395. The van der Waals surface area contributed by atoms with Crippen LogP contribution in [0, 0.1) is 0 Å². The summed E-state index contributed by atoms with van der Waals surface area (Å²) in [7, 11) is 0. The minimum atomic E-state index is -1.00. The summed E-state index contributed by atoms with van der Waals surface area (Å²) in [5, 5.41) is 0. The van der Waals surface area contributed by atoms with Crippen LogP contribution < -0.4 is 15.2 Å². The van der Waals surface area contributed by atoms with Crippen molar-refractivity contribution >= 4 is 23.9 Å². The van der Waals surface area contributed by atoms with Crippen molar-refractivity contribution in [1.82, 2.24) is 0 Å². The van der Waals surface area contributed by atoms with Crippen LogP contribution >= 0.6 is 0 Å². The lowest BCUT2D eigenvalue weighted by atomic mass is 10.1. The van der Waals surface area contributed by atoms with Gasteiger partial charge in [0.05, 0.1) is 0 Å². The predicted octanol–water partition coefficient (Wildman–Crippen LogP) is 1.29. The molecule has 0 aliphatic heterocycles.